The highest BCUT2D eigenvalue weighted by Gasteiger charge is 2.32. The van der Waals surface area contributed by atoms with Gasteiger partial charge in [-0.15, -0.1) is 0 Å². The van der Waals surface area contributed by atoms with Crippen LogP contribution in [-0.2, 0) is 14.3 Å². The number of anilines is 2. The number of nitrogens with zero attached hydrogens (tertiary/aromatic N) is 1. The number of amides is 1. The summed E-state index contributed by atoms with van der Waals surface area (Å²) in [5.41, 5.74) is 5.13. The van der Waals surface area contributed by atoms with Crippen molar-refractivity contribution in [3.05, 3.63) is 95.2 Å². The van der Waals surface area contributed by atoms with Gasteiger partial charge in [0.15, 0.2) is 0 Å². The minimum absolute atomic E-state index is 0.0140. The Morgan fingerprint density at radius 3 is 2.38 bits per heavy atom. The molecule has 5 nitrogen and oxygen atoms in total. The molecule has 0 saturated carbocycles. The van der Waals surface area contributed by atoms with Gasteiger partial charge in [-0.1, -0.05) is 48.6 Å². The summed E-state index contributed by atoms with van der Waals surface area (Å²) in [4.78, 5) is 27.5. The van der Waals surface area contributed by atoms with Crippen LogP contribution in [0.5, 0.6) is 0 Å². The van der Waals surface area contributed by atoms with Gasteiger partial charge < -0.3 is 15.0 Å². The van der Waals surface area contributed by atoms with Crippen LogP contribution in [0, 0.1) is 0 Å². The fraction of sp³-hybridized carbons (Fsp3) is 0.310. The summed E-state index contributed by atoms with van der Waals surface area (Å²) in [5.74, 6) is -0.608. The minimum atomic E-state index is -0.520. The highest BCUT2D eigenvalue weighted by molar-refractivity contribution is 6.12. The fourth-order valence-corrected chi connectivity index (χ4v) is 4.13. The van der Waals surface area contributed by atoms with Gasteiger partial charge in [0, 0.05) is 29.1 Å². The molecule has 1 unspecified atom stereocenters. The fourth-order valence-electron chi connectivity index (χ4n) is 4.13. The molecule has 2 aromatic carbocycles. The minimum Gasteiger partial charge on any atom is -0.460 e. The lowest BCUT2D eigenvalue weighted by Crippen LogP contribution is -2.27. The Hall–Kier alpha value is -3.60. The maximum absolute atomic E-state index is 13.3. The molecule has 2 aliphatic rings. The Kier molecular flexibility index (Phi) is 6.73. The molecule has 4 rings (SSSR count). The number of hydrogen-bond acceptors (Lipinski definition) is 4. The molecule has 0 spiro atoms. The number of carbonyl (C=O) groups is 2. The van der Waals surface area contributed by atoms with Crippen LogP contribution in [0.3, 0.4) is 0 Å². The second-order valence-electron chi connectivity index (χ2n) is 9.75. The number of hydrogen-bond donors (Lipinski definition) is 1. The molecule has 1 saturated heterocycles. The lowest BCUT2D eigenvalue weighted by atomic mass is 10.0. The Bertz CT molecular complexity index is 1150. The van der Waals surface area contributed by atoms with Crippen molar-refractivity contribution in [2.45, 2.75) is 52.1 Å². The summed E-state index contributed by atoms with van der Waals surface area (Å²) in [6.07, 6.45) is 7.78. The predicted octanol–water partition coefficient (Wildman–Crippen LogP) is 6.12. The van der Waals surface area contributed by atoms with Crippen molar-refractivity contribution in [2.24, 2.45) is 0 Å². The zero-order valence-electron chi connectivity index (χ0n) is 20.3. The first-order valence-corrected chi connectivity index (χ1v) is 11.8. The molecule has 0 aromatic heterocycles. The summed E-state index contributed by atoms with van der Waals surface area (Å²) >= 11 is 0. The first-order chi connectivity index (χ1) is 16.2. The molecule has 1 N–H and O–H groups in total. The van der Waals surface area contributed by atoms with E-state index >= 15 is 0 Å². The zero-order chi connectivity index (χ0) is 24.3. The number of rotatable bonds is 5. The number of allylic oxidation sites excluding steroid dienone is 3. The van der Waals surface area contributed by atoms with E-state index in [2.05, 4.69) is 17.5 Å². The molecule has 1 fully saturated rings. The summed E-state index contributed by atoms with van der Waals surface area (Å²) in [6, 6.07) is 17.7. The molecule has 1 aliphatic heterocycles. The maximum Gasteiger partial charge on any atom is 0.313 e. The molecule has 34 heavy (non-hydrogen) atoms. The molecule has 176 valence electrons. The van der Waals surface area contributed by atoms with Crippen molar-refractivity contribution in [2.75, 3.05) is 16.8 Å². The molecule has 0 radical (unpaired) electrons. The zero-order valence-corrected chi connectivity index (χ0v) is 20.3. The van der Waals surface area contributed by atoms with E-state index in [1.54, 1.807) is 4.90 Å². The average Bonchev–Trinajstić information content (AvgIpc) is 3.09. The van der Waals surface area contributed by atoms with Gasteiger partial charge in [0.25, 0.3) is 5.91 Å². The van der Waals surface area contributed by atoms with Gasteiger partial charge >= 0.3 is 5.97 Å². The lowest BCUT2D eigenvalue weighted by Gasteiger charge is -2.23. The molecule has 1 heterocycles. The van der Waals surface area contributed by atoms with Crippen LogP contribution in [0.2, 0.25) is 0 Å². The number of carbonyl (C=O) groups excluding carboxylic acids is 2. The van der Waals surface area contributed by atoms with Crippen LogP contribution in [0.25, 0.3) is 0 Å². The Balaban J connectivity index is 1.46. The highest BCUT2D eigenvalue weighted by atomic mass is 16.6. The SMILES string of the molecule is CC(C(=O)OC(C)(C)C)c1ccc(N2C/C3=C/C/C=C(/Nc4ccccc4)CC=C3C2=O)cc1. The highest BCUT2D eigenvalue weighted by Crippen LogP contribution is 2.32. The van der Waals surface area contributed by atoms with E-state index in [1.165, 1.54) is 0 Å². The number of esters is 1. The molecule has 1 atom stereocenters. The Morgan fingerprint density at radius 2 is 1.71 bits per heavy atom. The molecular weight excluding hydrogens is 424 g/mol. The van der Waals surface area contributed by atoms with Gasteiger partial charge in [-0.25, -0.2) is 0 Å². The van der Waals surface area contributed by atoms with Gasteiger partial charge in [-0.3, -0.25) is 9.59 Å². The summed E-state index contributed by atoms with van der Waals surface area (Å²) in [5, 5.41) is 3.45. The van der Waals surface area contributed by atoms with Gasteiger partial charge in [0.1, 0.15) is 5.60 Å². The van der Waals surface area contributed by atoms with Crippen LogP contribution in [0.15, 0.2) is 89.7 Å². The van der Waals surface area contributed by atoms with E-state index in [1.807, 2.05) is 88.4 Å². The van der Waals surface area contributed by atoms with Gasteiger partial charge in [-0.2, -0.15) is 0 Å². The second-order valence-corrected chi connectivity index (χ2v) is 9.75. The Labute approximate surface area is 201 Å². The van der Waals surface area contributed by atoms with E-state index in [0.29, 0.717) is 13.0 Å². The van der Waals surface area contributed by atoms with Crippen molar-refractivity contribution < 1.29 is 14.3 Å². The molecule has 5 heteroatoms. The quantitative estimate of drug-likeness (QED) is 0.551. The van der Waals surface area contributed by atoms with Crippen molar-refractivity contribution >= 4 is 23.3 Å². The topological polar surface area (TPSA) is 58.6 Å². The second kappa shape index (κ2) is 9.72. The summed E-state index contributed by atoms with van der Waals surface area (Å²) < 4.78 is 5.51. The number of fused-ring (bicyclic) bond motifs is 1. The van der Waals surface area contributed by atoms with E-state index in [0.717, 1.165) is 40.2 Å². The number of benzene rings is 2. The van der Waals surface area contributed by atoms with Gasteiger partial charge in [0.05, 0.1) is 12.5 Å². The van der Waals surface area contributed by atoms with E-state index < -0.39 is 5.60 Å². The monoisotopic (exact) mass is 456 g/mol. The molecular formula is C29H32N2O3. The molecule has 1 aliphatic carbocycles. The maximum atomic E-state index is 13.3. The Morgan fingerprint density at radius 1 is 1.00 bits per heavy atom. The summed E-state index contributed by atoms with van der Waals surface area (Å²) in [6.45, 7) is 7.99. The average molecular weight is 457 g/mol. The van der Waals surface area contributed by atoms with Crippen molar-refractivity contribution in [3.8, 4) is 0 Å². The number of ether oxygens (including phenoxy) is 1. The van der Waals surface area contributed by atoms with Crippen LogP contribution < -0.4 is 10.2 Å². The van der Waals surface area contributed by atoms with E-state index in [4.69, 9.17) is 4.74 Å². The van der Waals surface area contributed by atoms with Crippen LogP contribution in [-0.4, -0.2) is 24.0 Å². The third-order valence-electron chi connectivity index (χ3n) is 5.95. The number of para-hydroxylation sites is 1. The predicted molar refractivity (Wildman–Crippen MR) is 137 cm³/mol. The smallest absolute Gasteiger partial charge is 0.313 e. The van der Waals surface area contributed by atoms with Crippen LogP contribution in [0.1, 0.15) is 52.0 Å². The van der Waals surface area contributed by atoms with Crippen LogP contribution >= 0.6 is 0 Å². The molecule has 2 aromatic rings. The molecule has 1 amide bonds. The van der Waals surface area contributed by atoms with Gasteiger partial charge in [-0.05, 0) is 69.5 Å². The first-order valence-electron chi connectivity index (χ1n) is 11.8. The normalized spacial score (nSPS) is 20.1. The molecule has 0 bridgehead atoms. The van der Waals surface area contributed by atoms with Crippen molar-refractivity contribution in [1.82, 2.24) is 0 Å². The lowest BCUT2D eigenvalue weighted by molar-refractivity contribution is -0.156. The standard InChI is InChI=1S/C29H32N2O3/c1-20(28(33)34-29(2,3)4)21-13-16-25(17-14-21)31-19-22-9-8-12-24(15-18-26(22)27(31)32)30-23-10-6-5-7-11-23/h5-7,9-14,16-18,20,30H,8,15,19H2,1-4H3/b22-9-,24-12+,26-18?. The first kappa shape index (κ1) is 23.6. The van der Waals surface area contributed by atoms with E-state index in [-0.39, 0.29) is 17.8 Å². The summed E-state index contributed by atoms with van der Waals surface area (Å²) in [7, 11) is 0. The van der Waals surface area contributed by atoms with E-state index in [9.17, 15) is 9.59 Å². The third-order valence-corrected chi connectivity index (χ3v) is 5.95. The van der Waals surface area contributed by atoms with Crippen molar-refractivity contribution in [3.63, 3.8) is 0 Å². The van der Waals surface area contributed by atoms with Crippen molar-refractivity contribution in [1.29, 1.82) is 0 Å². The van der Waals surface area contributed by atoms with Gasteiger partial charge in [0.2, 0.25) is 0 Å². The third kappa shape index (κ3) is 5.48. The largest absolute Gasteiger partial charge is 0.460 e. The number of nitrogens with one attached hydrogen (secondary N) is 1. The van der Waals surface area contributed by atoms with Crippen LogP contribution in [0.4, 0.5) is 11.4 Å².